The maximum Gasteiger partial charge on any atom is 0.411 e. The number of anilines is 2. The van der Waals surface area contributed by atoms with Crippen LogP contribution < -0.4 is 10.6 Å². The van der Waals surface area contributed by atoms with Crippen molar-refractivity contribution in [1.29, 1.82) is 0 Å². The summed E-state index contributed by atoms with van der Waals surface area (Å²) in [7, 11) is 0. The molecule has 4 aromatic carbocycles. The van der Waals surface area contributed by atoms with Gasteiger partial charge in [-0.05, 0) is 60.4 Å². The Labute approximate surface area is 267 Å². The Kier molecular flexibility index (Phi) is 7.95. The molecule has 2 N–H and O–H groups in total. The number of amides is 2. The lowest BCUT2D eigenvalue weighted by atomic mass is 9.93. The van der Waals surface area contributed by atoms with Crippen LogP contribution in [0.2, 0.25) is 0 Å². The van der Waals surface area contributed by atoms with E-state index in [9.17, 15) is 9.59 Å². The zero-order chi connectivity index (χ0) is 31.7. The number of carbonyl (C=O) groups excluding carboxylic acids is 2. The minimum Gasteiger partial charge on any atom is -0.444 e. The molecule has 46 heavy (non-hydrogen) atoms. The van der Waals surface area contributed by atoms with E-state index in [0.29, 0.717) is 18.0 Å². The Morgan fingerprint density at radius 1 is 0.674 bits per heavy atom. The lowest BCUT2D eigenvalue weighted by Crippen LogP contribution is -2.40. The molecule has 0 spiro atoms. The summed E-state index contributed by atoms with van der Waals surface area (Å²) in [5.74, 6) is 0. The van der Waals surface area contributed by atoms with Gasteiger partial charge in [-0.1, -0.05) is 84.9 Å². The van der Waals surface area contributed by atoms with Crippen LogP contribution in [0.1, 0.15) is 36.1 Å². The predicted molar refractivity (Wildman–Crippen MR) is 169 cm³/mol. The van der Waals surface area contributed by atoms with Crippen LogP contribution >= 0.6 is 0 Å². The van der Waals surface area contributed by atoms with Crippen LogP contribution in [0.5, 0.6) is 0 Å². The fourth-order valence-corrected chi connectivity index (χ4v) is 6.34. The Morgan fingerprint density at radius 3 is 1.61 bits per heavy atom. The van der Waals surface area contributed by atoms with E-state index < -0.39 is 29.6 Å². The van der Waals surface area contributed by atoms with Gasteiger partial charge >= 0.3 is 12.2 Å². The van der Waals surface area contributed by atoms with E-state index in [1.54, 1.807) is 0 Å². The lowest BCUT2D eigenvalue weighted by molar-refractivity contribution is -0.138. The van der Waals surface area contributed by atoms with Crippen LogP contribution in [0.15, 0.2) is 109 Å². The van der Waals surface area contributed by atoms with Crippen LogP contribution in [0, 0.1) is 0 Å². The first-order valence-corrected chi connectivity index (χ1v) is 15.2. The van der Waals surface area contributed by atoms with Crippen LogP contribution in [0.4, 0.5) is 21.0 Å². The van der Waals surface area contributed by atoms with Gasteiger partial charge in [0.2, 0.25) is 0 Å². The fourth-order valence-electron chi connectivity index (χ4n) is 6.34. The third kappa shape index (κ3) is 5.72. The zero-order valence-electron chi connectivity index (χ0n) is 25.6. The molecule has 3 fully saturated rings. The quantitative estimate of drug-likeness (QED) is 0.224. The largest absolute Gasteiger partial charge is 0.444 e. The van der Waals surface area contributed by atoms with Crippen molar-refractivity contribution >= 4 is 23.6 Å². The van der Waals surface area contributed by atoms with Gasteiger partial charge < -0.3 is 23.7 Å². The van der Waals surface area contributed by atoms with Gasteiger partial charge in [0.25, 0.3) is 0 Å². The van der Waals surface area contributed by atoms with E-state index in [-0.39, 0.29) is 25.7 Å². The summed E-state index contributed by atoms with van der Waals surface area (Å²) in [5.41, 5.74) is 3.29. The van der Waals surface area contributed by atoms with Crippen molar-refractivity contribution in [2.75, 3.05) is 17.2 Å². The highest BCUT2D eigenvalue weighted by Crippen LogP contribution is 2.55. The smallest absolute Gasteiger partial charge is 0.411 e. The zero-order valence-corrected chi connectivity index (χ0v) is 25.6. The molecule has 7 rings (SSSR count). The second-order valence-electron chi connectivity index (χ2n) is 11.9. The van der Waals surface area contributed by atoms with Gasteiger partial charge in [0, 0.05) is 11.4 Å². The number of hydrogen-bond acceptors (Lipinski definition) is 8. The molecule has 5 atom stereocenters. The first-order valence-electron chi connectivity index (χ1n) is 15.2. The van der Waals surface area contributed by atoms with E-state index in [1.165, 1.54) is 0 Å². The standard InChI is InChI=1S/C36H35N3O7/c1-35(26-13-17-28(18-14-26)37-33(40)43-21-24-9-5-3-6-10-24)31-39-30(23-42-31)45-36(2,32(39)46-35)27-15-19-29(20-16-27)38-34(41)44-22-25-11-7-4-8-12-25/h3-20,30-32H,21-23H2,1-2H3,(H,37,40)(H,38,41)/t30-,31-,32-,35+,36-/m0/s1. The molecular formula is C36H35N3O7. The third-order valence-corrected chi connectivity index (χ3v) is 8.79. The predicted octanol–water partition coefficient (Wildman–Crippen LogP) is 6.69. The molecule has 2 amide bonds. The highest BCUT2D eigenvalue weighted by atomic mass is 16.7. The molecule has 0 radical (unpaired) electrons. The molecule has 0 saturated carbocycles. The molecule has 0 unspecified atom stereocenters. The number of hydrogen-bond donors (Lipinski definition) is 2. The number of carbonyl (C=O) groups is 2. The van der Waals surface area contributed by atoms with Gasteiger partial charge in [-0.3, -0.25) is 10.6 Å². The third-order valence-electron chi connectivity index (χ3n) is 8.79. The summed E-state index contributed by atoms with van der Waals surface area (Å²) in [6, 6.07) is 34.1. The van der Waals surface area contributed by atoms with Crippen LogP contribution in [-0.4, -0.2) is 42.4 Å². The fraction of sp³-hybridized carbons (Fsp3) is 0.278. The molecule has 10 nitrogen and oxygen atoms in total. The van der Waals surface area contributed by atoms with Crippen molar-refractivity contribution in [3.63, 3.8) is 0 Å². The Balaban J connectivity index is 1.00. The second kappa shape index (κ2) is 12.2. The van der Waals surface area contributed by atoms with Crippen molar-refractivity contribution in [2.24, 2.45) is 0 Å². The summed E-state index contributed by atoms with van der Waals surface area (Å²) in [4.78, 5) is 26.9. The molecule has 3 heterocycles. The van der Waals surface area contributed by atoms with E-state index in [4.69, 9.17) is 23.7 Å². The van der Waals surface area contributed by atoms with Gasteiger partial charge in [0.1, 0.15) is 43.1 Å². The first kappa shape index (κ1) is 29.9. The highest BCUT2D eigenvalue weighted by molar-refractivity contribution is 5.85. The summed E-state index contributed by atoms with van der Waals surface area (Å²) in [5, 5.41) is 5.57. The molecule has 3 aliphatic rings. The molecule has 10 heteroatoms. The molecule has 0 aliphatic carbocycles. The topological polar surface area (TPSA) is 108 Å². The molecule has 236 valence electrons. The summed E-state index contributed by atoms with van der Waals surface area (Å²) >= 11 is 0. The lowest BCUT2D eigenvalue weighted by Gasteiger charge is -2.33. The number of nitrogens with zero attached hydrogens (tertiary/aromatic N) is 1. The first-order chi connectivity index (χ1) is 22.3. The molecule has 3 saturated heterocycles. The van der Waals surface area contributed by atoms with E-state index in [1.807, 2.05) is 123 Å². The van der Waals surface area contributed by atoms with Crippen molar-refractivity contribution in [2.45, 2.75) is 56.9 Å². The molecule has 0 aromatic heterocycles. The van der Waals surface area contributed by atoms with Gasteiger partial charge in [0.05, 0.1) is 6.61 Å². The van der Waals surface area contributed by atoms with Gasteiger partial charge in [0.15, 0.2) is 0 Å². The average Bonchev–Trinajstić information content (AvgIpc) is 3.73. The minimum atomic E-state index is -0.791. The minimum absolute atomic E-state index is 0.190. The van der Waals surface area contributed by atoms with Gasteiger partial charge in [-0.2, -0.15) is 0 Å². The van der Waals surface area contributed by atoms with Crippen molar-refractivity contribution in [3.05, 3.63) is 131 Å². The summed E-state index contributed by atoms with van der Waals surface area (Å²) < 4.78 is 30.3. The van der Waals surface area contributed by atoms with Crippen LogP contribution in [0.3, 0.4) is 0 Å². The molecule has 0 bridgehead atoms. The highest BCUT2D eigenvalue weighted by Gasteiger charge is 2.68. The van der Waals surface area contributed by atoms with E-state index in [0.717, 1.165) is 22.3 Å². The number of nitrogens with one attached hydrogen (secondary N) is 2. The van der Waals surface area contributed by atoms with Gasteiger partial charge in [-0.15, -0.1) is 0 Å². The maximum atomic E-state index is 12.4. The number of benzene rings is 4. The normalized spacial score (nSPS) is 26.3. The summed E-state index contributed by atoms with van der Waals surface area (Å²) in [6.07, 6.45) is -2.11. The van der Waals surface area contributed by atoms with Crippen molar-refractivity contribution < 1.29 is 33.3 Å². The molecule has 4 aromatic rings. The summed E-state index contributed by atoms with van der Waals surface area (Å²) in [6.45, 7) is 4.83. The Morgan fingerprint density at radius 2 is 1.13 bits per heavy atom. The monoisotopic (exact) mass is 621 g/mol. The molecular weight excluding hydrogens is 586 g/mol. The number of ether oxygens (including phenoxy) is 5. The second-order valence-corrected chi connectivity index (χ2v) is 11.9. The number of rotatable bonds is 8. The van der Waals surface area contributed by atoms with Crippen molar-refractivity contribution in [1.82, 2.24) is 4.90 Å². The van der Waals surface area contributed by atoms with Gasteiger partial charge in [-0.25, -0.2) is 14.5 Å². The van der Waals surface area contributed by atoms with Crippen molar-refractivity contribution in [3.8, 4) is 0 Å². The van der Waals surface area contributed by atoms with E-state index >= 15 is 0 Å². The Bertz CT molecular complexity index is 1590. The average molecular weight is 622 g/mol. The Hall–Kier alpha value is -4.74. The maximum absolute atomic E-state index is 12.4. The molecule has 3 aliphatic heterocycles. The SMILES string of the molecule is C[C@@]1(c2ccc(NC(=O)OCc3ccccc3)cc2)O[C@H]2CO[C@@H]3N2[C@H]1O[C@]3(C)c1ccc(NC(=O)OCc2ccccc2)cc1. The van der Waals surface area contributed by atoms with Crippen LogP contribution in [0.25, 0.3) is 0 Å². The van der Waals surface area contributed by atoms with Crippen LogP contribution in [-0.2, 0) is 48.1 Å². The van der Waals surface area contributed by atoms with E-state index in [2.05, 4.69) is 15.5 Å².